The summed E-state index contributed by atoms with van der Waals surface area (Å²) in [6.45, 7) is 2.83. The normalized spacial score (nSPS) is 18.2. The first-order valence-electron chi connectivity index (χ1n) is 10.6. The Balaban J connectivity index is 1.69. The number of amides is 2. The van der Waals surface area contributed by atoms with Crippen LogP contribution in [0.15, 0.2) is 36.4 Å². The Morgan fingerprint density at radius 3 is 2.77 bits per heavy atom. The zero-order valence-corrected chi connectivity index (χ0v) is 17.9. The molecule has 2 heterocycles. The molecular formula is C24H27N5O2. The van der Waals surface area contributed by atoms with Gasteiger partial charge >= 0.3 is 0 Å². The predicted octanol–water partition coefficient (Wildman–Crippen LogP) is 2.79. The molecule has 7 nitrogen and oxygen atoms in total. The van der Waals surface area contributed by atoms with Gasteiger partial charge in [0, 0.05) is 24.8 Å². The number of rotatable bonds is 4. The van der Waals surface area contributed by atoms with E-state index in [9.17, 15) is 14.9 Å². The van der Waals surface area contributed by atoms with Crippen LogP contribution in [0.5, 0.6) is 0 Å². The average molecular weight is 418 g/mol. The maximum Gasteiger partial charge on any atom is 0.251 e. The van der Waals surface area contributed by atoms with Gasteiger partial charge in [0.1, 0.15) is 0 Å². The first-order valence-corrected chi connectivity index (χ1v) is 10.6. The van der Waals surface area contributed by atoms with E-state index in [4.69, 9.17) is 0 Å². The molecule has 2 N–H and O–H groups in total. The molecule has 1 saturated heterocycles. The van der Waals surface area contributed by atoms with E-state index in [1.807, 2.05) is 37.4 Å². The minimum atomic E-state index is -0.150. The van der Waals surface area contributed by atoms with Crippen molar-refractivity contribution in [2.24, 2.45) is 5.92 Å². The monoisotopic (exact) mass is 417 g/mol. The summed E-state index contributed by atoms with van der Waals surface area (Å²) in [5, 5.41) is 15.2. The number of likely N-dealkylation sites (tertiary alicyclic amines) is 1. The quantitative estimate of drug-likeness (QED) is 0.747. The second-order valence-electron chi connectivity index (χ2n) is 8.37. The van der Waals surface area contributed by atoms with Crippen LogP contribution in [0, 0.1) is 17.4 Å². The summed E-state index contributed by atoms with van der Waals surface area (Å²) in [5.41, 5.74) is 5.23. The maximum absolute atomic E-state index is 12.9. The number of carbonyl (C=O) groups excluding carboxylic acids is 2. The Hall–Kier alpha value is -3.37. The van der Waals surface area contributed by atoms with Crippen LogP contribution in [0.1, 0.15) is 34.3 Å². The van der Waals surface area contributed by atoms with Gasteiger partial charge in [0.05, 0.1) is 19.0 Å². The fourth-order valence-corrected chi connectivity index (χ4v) is 4.51. The Labute approximate surface area is 182 Å². The van der Waals surface area contributed by atoms with Gasteiger partial charge in [-0.3, -0.25) is 9.59 Å². The zero-order valence-electron chi connectivity index (χ0n) is 17.9. The van der Waals surface area contributed by atoms with Gasteiger partial charge in [0.15, 0.2) is 6.19 Å². The Bertz CT molecular complexity index is 1060. The topological polar surface area (TPSA) is 88.5 Å². The molecule has 2 aromatic rings. The number of hydrogen-bond donors (Lipinski definition) is 2. The number of nitrogens with one attached hydrogen (secondary N) is 2. The first kappa shape index (κ1) is 20.9. The highest BCUT2D eigenvalue weighted by molar-refractivity contribution is 5.96. The van der Waals surface area contributed by atoms with E-state index in [1.165, 1.54) is 0 Å². The number of nitriles is 1. The third-order valence-corrected chi connectivity index (χ3v) is 6.12. The molecule has 1 fully saturated rings. The van der Waals surface area contributed by atoms with Crippen LogP contribution in [0.3, 0.4) is 0 Å². The third kappa shape index (κ3) is 4.39. The van der Waals surface area contributed by atoms with Crippen LogP contribution in [0.2, 0.25) is 0 Å². The van der Waals surface area contributed by atoms with Crippen molar-refractivity contribution in [1.29, 1.82) is 5.26 Å². The molecule has 4 rings (SSSR count). The molecule has 2 aromatic carbocycles. The first-order chi connectivity index (χ1) is 15.0. The lowest BCUT2D eigenvalue weighted by Gasteiger charge is -2.28. The Kier molecular flexibility index (Phi) is 5.92. The van der Waals surface area contributed by atoms with Crippen molar-refractivity contribution < 1.29 is 9.59 Å². The number of carbonyl (C=O) groups is 2. The van der Waals surface area contributed by atoms with E-state index in [1.54, 1.807) is 18.0 Å². The van der Waals surface area contributed by atoms with Crippen molar-refractivity contribution in [3.8, 4) is 17.3 Å². The summed E-state index contributed by atoms with van der Waals surface area (Å²) in [7, 11) is 3.65. The predicted molar refractivity (Wildman–Crippen MR) is 119 cm³/mol. The standard InChI is InChI=1S/C24H27N5O2/c1-26-23(30)17-6-3-5-16(9-17)21-11-20(10-19-13-29(15-25)14-22(19)21)27-24(31)18-7-4-8-28(2)12-18/h3,5-6,9-11,18H,4,7-8,12-14H2,1-2H3,(H,26,30)(H,27,31)/t18-/m1/s1. The number of piperidine rings is 1. The molecule has 7 heteroatoms. The third-order valence-electron chi connectivity index (χ3n) is 6.12. The van der Waals surface area contributed by atoms with Gasteiger partial charge in [-0.1, -0.05) is 12.1 Å². The van der Waals surface area contributed by atoms with Gasteiger partial charge in [-0.15, -0.1) is 0 Å². The number of fused-ring (bicyclic) bond motifs is 1. The molecule has 160 valence electrons. The van der Waals surface area contributed by atoms with Crippen LogP contribution in [-0.4, -0.2) is 48.8 Å². The van der Waals surface area contributed by atoms with Gasteiger partial charge in [-0.2, -0.15) is 5.26 Å². The second kappa shape index (κ2) is 8.78. The molecule has 2 aliphatic heterocycles. The molecule has 31 heavy (non-hydrogen) atoms. The van der Waals surface area contributed by atoms with Crippen LogP contribution in [-0.2, 0) is 17.9 Å². The molecule has 0 radical (unpaired) electrons. The van der Waals surface area contributed by atoms with Gasteiger partial charge in [0.25, 0.3) is 5.91 Å². The van der Waals surface area contributed by atoms with Crippen molar-refractivity contribution >= 4 is 17.5 Å². The molecular weight excluding hydrogens is 390 g/mol. The fraction of sp³-hybridized carbons (Fsp3) is 0.375. The van der Waals surface area contributed by atoms with E-state index in [0.29, 0.717) is 18.7 Å². The molecule has 0 spiro atoms. The lowest BCUT2D eigenvalue weighted by atomic mass is 9.94. The molecule has 0 unspecified atom stereocenters. The minimum absolute atomic E-state index is 0.0253. The zero-order chi connectivity index (χ0) is 22.0. The van der Waals surface area contributed by atoms with Crippen molar-refractivity contribution in [3.05, 3.63) is 53.1 Å². The second-order valence-corrected chi connectivity index (χ2v) is 8.37. The van der Waals surface area contributed by atoms with Gasteiger partial charge in [-0.05, 0) is 73.0 Å². The van der Waals surface area contributed by atoms with Gasteiger partial charge < -0.3 is 20.4 Å². The SMILES string of the molecule is CNC(=O)c1cccc(-c2cc(NC(=O)[C@@H]3CCCN(C)C3)cc3c2CN(C#N)C3)c1. The Morgan fingerprint density at radius 2 is 2.03 bits per heavy atom. The minimum Gasteiger partial charge on any atom is -0.355 e. The summed E-state index contributed by atoms with van der Waals surface area (Å²) in [5.74, 6) is -0.141. The molecule has 2 amide bonds. The highest BCUT2D eigenvalue weighted by Crippen LogP contribution is 2.36. The van der Waals surface area contributed by atoms with Crippen molar-refractivity contribution in [1.82, 2.24) is 15.1 Å². The van der Waals surface area contributed by atoms with Crippen LogP contribution >= 0.6 is 0 Å². The highest BCUT2D eigenvalue weighted by Gasteiger charge is 2.26. The van der Waals surface area contributed by atoms with Crippen molar-refractivity contribution in [2.45, 2.75) is 25.9 Å². The largest absolute Gasteiger partial charge is 0.355 e. The fourth-order valence-electron chi connectivity index (χ4n) is 4.51. The Morgan fingerprint density at radius 1 is 1.19 bits per heavy atom. The van der Waals surface area contributed by atoms with E-state index >= 15 is 0 Å². The van der Waals surface area contributed by atoms with Crippen LogP contribution in [0.4, 0.5) is 5.69 Å². The van der Waals surface area contributed by atoms with Crippen LogP contribution < -0.4 is 10.6 Å². The summed E-state index contributed by atoms with van der Waals surface area (Å²) in [4.78, 5) is 28.9. The van der Waals surface area contributed by atoms with E-state index in [0.717, 1.165) is 53.9 Å². The molecule has 0 aliphatic carbocycles. The van der Waals surface area contributed by atoms with E-state index in [-0.39, 0.29) is 17.7 Å². The average Bonchev–Trinajstić information content (AvgIpc) is 3.21. The molecule has 2 aliphatic rings. The van der Waals surface area contributed by atoms with E-state index < -0.39 is 0 Å². The van der Waals surface area contributed by atoms with E-state index in [2.05, 4.69) is 21.7 Å². The highest BCUT2D eigenvalue weighted by atomic mass is 16.2. The van der Waals surface area contributed by atoms with Crippen LogP contribution in [0.25, 0.3) is 11.1 Å². The van der Waals surface area contributed by atoms with Crippen molar-refractivity contribution in [2.75, 3.05) is 32.5 Å². The number of anilines is 1. The maximum atomic E-state index is 12.9. The smallest absolute Gasteiger partial charge is 0.251 e. The molecule has 0 saturated carbocycles. The summed E-state index contributed by atoms with van der Waals surface area (Å²) < 4.78 is 0. The lowest BCUT2D eigenvalue weighted by Crippen LogP contribution is -2.38. The molecule has 1 atom stereocenters. The van der Waals surface area contributed by atoms with Gasteiger partial charge in [0.2, 0.25) is 5.91 Å². The summed E-state index contributed by atoms with van der Waals surface area (Å²) in [6, 6.07) is 11.4. The lowest BCUT2D eigenvalue weighted by molar-refractivity contribution is -0.121. The summed E-state index contributed by atoms with van der Waals surface area (Å²) >= 11 is 0. The molecule has 0 aromatic heterocycles. The van der Waals surface area contributed by atoms with Crippen molar-refractivity contribution in [3.63, 3.8) is 0 Å². The number of nitrogens with zero attached hydrogens (tertiary/aromatic N) is 3. The number of benzene rings is 2. The summed E-state index contributed by atoms with van der Waals surface area (Å²) in [6.07, 6.45) is 4.14. The molecule has 0 bridgehead atoms. The number of hydrogen-bond acceptors (Lipinski definition) is 5. The van der Waals surface area contributed by atoms with Gasteiger partial charge in [-0.25, -0.2) is 0 Å².